The van der Waals surface area contributed by atoms with E-state index in [4.69, 9.17) is 0 Å². The number of quaternary nitrogens is 1. The maximum Gasteiger partial charge on any atom is 0.322 e. The first kappa shape index (κ1) is 13.6. The summed E-state index contributed by atoms with van der Waals surface area (Å²) in [5.74, 6) is 0. The van der Waals surface area contributed by atoms with Crippen molar-refractivity contribution in [3.05, 3.63) is 60.7 Å². The van der Waals surface area contributed by atoms with Gasteiger partial charge in [0.15, 0.2) is 0 Å². The lowest BCUT2D eigenvalue weighted by atomic mass is 10.2. The number of urea groups is 1. The van der Waals surface area contributed by atoms with Crippen LogP contribution < -0.4 is 10.2 Å². The number of rotatable bonds is 2. The van der Waals surface area contributed by atoms with E-state index in [0.29, 0.717) is 0 Å². The SMILES string of the molecule is O=C(Nc1ccccc1)N1CC[NH+](c2ccccc2)CC1. The van der Waals surface area contributed by atoms with Crippen molar-refractivity contribution >= 4 is 17.4 Å². The van der Waals surface area contributed by atoms with Crippen LogP contribution in [0.25, 0.3) is 0 Å². The number of piperazine rings is 1. The van der Waals surface area contributed by atoms with E-state index in [0.717, 1.165) is 31.9 Å². The molecule has 0 unspecified atom stereocenters. The average Bonchev–Trinajstić information content (AvgIpc) is 2.57. The van der Waals surface area contributed by atoms with Crippen molar-refractivity contribution in [2.24, 2.45) is 0 Å². The summed E-state index contributed by atoms with van der Waals surface area (Å²) in [4.78, 5) is 15.5. The summed E-state index contributed by atoms with van der Waals surface area (Å²) < 4.78 is 0. The maximum atomic E-state index is 12.2. The molecule has 108 valence electrons. The van der Waals surface area contributed by atoms with Crippen LogP contribution in [0, 0.1) is 0 Å². The van der Waals surface area contributed by atoms with Gasteiger partial charge in [0.05, 0.1) is 26.2 Å². The Bertz CT molecular complexity index is 577. The van der Waals surface area contributed by atoms with Gasteiger partial charge in [-0.1, -0.05) is 36.4 Å². The largest absolute Gasteiger partial charge is 0.322 e. The van der Waals surface area contributed by atoms with Gasteiger partial charge in [-0.05, 0) is 24.3 Å². The number of nitrogens with zero attached hydrogens (tertiary/aromatic N) is 1. The van der Waals surface area contributed by atoms with Crippen LogP contribution in [0.2, 0.25) is 0 Å². The van der Waals surface area contributed by atoms with Crippen molar-refractivity contribution in [3.8, 4) is 0 Å². The van der Waals surface area contributed by atoms with Crippen LogP contribution >= 0.6 is 0 Å². The number of benzene rings is 2. The van der Waals surface area contributed by atoms with Crippen molar-refractivity contribution in [1.82, 2.24) is 4.90 Å². The molecule has 21 heavy (non-hydrogen) atoms. The Morgan fingerprint density at radius 1 is 0.905 bits per heavy atom. The van der Waals surface area contributed by atoms with Gasteiger partial charge in [0, 0.05) is 5.69 Å². The fourth-order valence-corrected chi connectivity index (χ4v) is 2.67. The van der Waals surface area contributed by atoms with Gasteiger partial charge in [-0.25, -0.2) is 4.79 Å². The average molecular weight is 282 g/mol. The predicted molar refractivity (Wildman–Crippen MR) is 83.8 cm³/mol. The molecule has 1 aliphatic heterocycles. The quantitative estimate of drug-likeness (QED) is 0.865. The molecule has 2 amide bonds. The Morgan fingerprint density at radius 3 is 2.10 bits per heavy atom. The van der Waals surface area contributed by atoms with Crippen molar-refractivity contribution in [2.45, 2.75) is 0 Å². The highest BCUT2D eigenvalue weighted by molar-refractivity contribution is 5.89. The second-order valence-corrected chi connectivity index (χ2v) is 5.25. The van der Waals surface area contributed by atoms with E-state index in [1.807, 2.05) is 41.3 Å². The van der Waals surface area contributed by atoms with Crippen molar-refractivity contribution in [1.29, 1.82) is 0 Å². The molecule has 2 aromatic carbocycles. The highest BCUT2D eigenvalue weighted by Gasteiger charge is 2.24. The van der Waals surface area contributed by atoms with Crippen LogP contribution in [-0.4, -0.2) is 37.1 Å². The van der Waals surface area contributed by atoms with E-state index in [9.17, 15) is 4.79 Å². The van der Waals surface area contributed by atoms with Gasteiger partial charge in [-0.3, -0.25) is 4.90 Å². The molecule has 0 atom stereocenters. The van der Waals surface area contributed by atoms with Crippen LogP contribution in [0.1, 0.15) is 0 Å². The molecule has 3 rings (SSSR count). The smallest absolute Gasteiger partial charge is 0.313 e. The second kappa shape index (κ2) is 6.41. The minimum absolute atomic E-state index is 0.00619. The highest BCUT2D eigenvalue weighted by atomic mass is 16.2. The van der Waals surface area contributed by atoms with Crippen LogP contribution in [0.3, 0.4) is 0 Å². The lowest BCUT2D eigenvalue weighted by molar-refractivity contribution is -0.837. The summed E-state index contributed by atoms with van der Waals surface area (Å²) in [6, 6.07) is 20.1. The van der Waals surface area contributed by atoms with Crippen LogP contribution in [0.4, 0.5) is 16.2 Å². The molecule has 2 aromatic rings. The molecule has 0 aliphatic carbocycles. The van der Waals surface area contributed by atoms with Gasteiger partial charge in [-0.2, -0.15) is 0 Å². The molecule has 2 N–H and O–H groups in total. The lowest BCUT2D eigenvalue weighted by Crippen LogP contribution is -3.10. The fraction of sp³-hybridized carbons (Fsp3) is 0.235. The van der Waals surface area contributed by atoms with Crippen molar-refractivity contribution < 1.29 is 9.69 Å². The van der Waals surface area contributed by atoms with Gasteiger partial charge in [-0.15, -0.1) is 0 Å². The predicted octanol–water partition coefficient (Wildman–Crippen LogP) is 1.75. The van der Waals surface area contributed by atoms with E-state index >= 15 is 0 Å². The zero-order chi connectivity index (χ0) is 14.5. The lowest BCUT2D eigenvalue weighted by Gasteiger charge is -2.31. The molecule has 1 aliphatic rings. The third-order valence-corrected chi connectivity index (χ3v) is 3.86. The Kier molecular flexibility index (Phi) is 4.17. The minimum atomic E-state index is -0.00619. The number of carbonyl (C=O) groups is 1. The summed E-state index contributed by atoms with van der Waals surface area (Å²) >= 11 is 0. The molecule has 4 nitrogen and oxygen atoms in total. The second-order valence-electron chi connectivity index (χ2n) is 5.25. The molecule has 4 heteroatoms. The van der Waals surface area contributed by atoms with Crippen molar-refractivity contribution in [2.75, 3.05) is 31.5 Å². The van der Waals surface area contributed by atoms with Gasteiger partial charge in [0.2, 0.25) is 0 Å². The third-order valence-electron chi connectivity index (χ3n) is 3.86. The monoisotopic (exact) mass is 282 g/mol. The maximum absolute atomic E-state index is 12.2. The first-order chi connectivity index (χ1) is 10.3. The summed E-state index contributed by atoms with van der Waals surface area (Å²) in [5, 5.41) is 2.94. The molecular formula is C17H20N3O+. The summed E-state index contributed by atoms with van der Waals surface area (Å²) in [7, 11) is 0. The summed E-state index contributed by atoms with van der Waals surface area (Å²) in [6.07, 6.45) is 0. The molecule has 1 saturated heterocycles. The zero-order valence-corrected chi connectivity index (χ0v) is 12.0. The zero-order valence-electron chi connectivity index (χ0n) is 12.0. The van der Waals surface area contributed by atoms with E-state index in [1.165, 1.54) is 10.6 Å². The van der Waals surface area contributed by atoms with E-state index in [-0.39, 0.29) is 6.03 Å². The Balaban J connectivity index is 1.55. The van der Waals surface area contributed by atoms with E-state index < -0.39 is 0 Å². The van der Waals surface area contributed by atoms with Crippen LogP contribution in [-0.2, 0) is 0 Å². The van der Waals surface area contributed by atoms with Gasteiger partial charge < -0.3 is 10.2 Å². The third kappa shape index (κ3) is 3.41. The van der Waals surface area contributed by atoms with E-state index in [1.54, 1.807) is 0 Å². The number of para-hydroxylation sites is 2. The Labute approximate surface area is 125 Å². The van der Waals surface area contributed by atoms with Gasteiger partial charge >= 0.3 is 6.03 Å². The number of nitrogens with one attached hydrogen (secondary N) is 2. The summed E-state index contributed by atoms with van der Waals surface area (Å²) in [5.41, 5.74) is 2.15. The molecule has 0 aromatic heterocycles. The molecule has 0 radical (unpaired) electrons. The number of hydrogen-bond acceptors (Lipinski definition) is 1. The number of amides is 2. The number of carbonyl (C=O) groups excluding carboxylic acids is 1. The Morgan fingerprint density at radius 2 is 1.48 bits per heavy atom. The van der Waals surface area contributed by atoms with Crippen LogP contribution in [0.15, 0.2) is 60.7 Å². The first-order valence-corrected chi connectivity index (χ1v) is 7.34. The van der Waals surface area contributed by atoms with Crippen LogP contribution in [0.5, 0.6) is 0 Å². The van der Waals surface area contributed by atoms with Gasteiger partial charge in [0.25, 0.3) is 0 Å². The molecule has 1 fully saturated rings. The first-order valence-electron chi connectivity index (χ1n) is 7.34. The number of hydrogen-bond donors (Lipinski definition) is 2. The summed E-state index contributed by atoms with van der Waals surface area (Å²) in [6.45, 7) is 3.46. The highest BCUT2D eigenvalue weighted by Crippen LogP contribution is 2.07. The topological polar surface area (TPSA) is 36.8 Å². The molecule has 0 bridgehead atoms. The molecule has 0 saturated carbocycles. The standard InChI is InChI=1S/C17H19N3O/c21-17(18-15-7-3-1-4-8-15)20-13-11-19(12-14-20)16-9-5-2-6-10-16/h1-10H,11-14H2,(H,18,21)/p+1. The number of anilines is 1. The van der Waals surface area contributed by atoms with Crippen molar-refractivity contribution in [3.63, 3.8) is 0 Å². The van der Waals surface area contributed by atoms with E-state index in [2.05, 4.69) is 29.6 Å². The fourth-order valence-electron chi connectivity index (χ4n) is 2.67. The van der Waals surface area contributed by atoms with Gasteiger partial charge in [0.1, 0.15) is 5.69 Å². The molecule has 1 heterocycles. The Hall–Kier alpha value is -2.33. The molecule has 0 spiro atoms. The normalized spacial score (nSPS) is 15.7. The molecular weight excluding hydrogens is 262 g/mol. The minimum Gasteiger partial charge on any atom is -0.313 e.